The highest BCUT2D eigenvalue weighted by Crippen LogP contribution is 2.60. The first kappa shape index (κ1) is 13.4. The lowest BCUT2D eigenvalue weighted by molar-refractivity contribution is -0.0184. The van der Waals surface area contributed by atoms with Crippen LogP contribution in [0.4, 0.5) is 0 Å². The zero-order valence-electron chi connectivity index (χ0n) is 12.4. The third kappa shape index (κ3) is 2.56. The van der Waals surface area contributed by atoms with E-state index < -0.39 is 0 Å². The molecule has 0 N–H and O–H groups in total. The molecule has 0 heterocycles. The van der Waals surface area contributed by atoms with Crippen LogP contribution in [0.15, 0.2) is 0 Å². The monoisotopic (exact) mass is 236 g/mol. The molecule has 0 saturated heterocycles. The first-order valence-electron chi connectivity index (χ1n) is 8.19. The van der Waals surface area contributed by atoms with Crippen LogP contribution in [0.1, 0.15) is 72.6 Å². The van der Waals surface area contributed by atoms with Gasteiger partial charge in [0.2, 0.25) is 0 Å². The van der Waals surface area contributed by atoms with E-state index in [1.165, 1.54) is 38.5 Å². The van der Waals surface area contributed by atoms with Crippen molar-refractivity contribution in [2.24, 2.45) is 35.5 Å². The molecule has 0 aromatic rings. The molecular weight excluding hydrogens is 204 g/mol. The SMILES string of the molecule is CCCC(C)CCC1C(C)C2C(CC)CCC12. The summed E-state index contributed by atoms with van der Waals surface area (Å²) in [5.74, 6) is 6.43. The van der Waals surface area contributed by atoms with E-state index in [4.69, 9.17) is 0 Å². The zero-order valence-corrected chi connectivity index (χ0v) is 12.4. The molecule has 0 nitrogen and oxygen atoms in total. The fourth-order valence-corrected chi connectivity index (χ4v) is 5.06. The largest absolute Gasteiger partial charge is 0.0654 e. The Morgan fingerprint density at radius 3 is 2.53 bits per heavy atom. The van der Waals surface area contributed by atoms with Crippen molar-refractivity contribution >= 4 is 0 Å². The molecule has 17 heavy (non-hydrogen) atoms. The summed E-state index contributed by atoms with van der Waals surface area (Å²) in [6.45, 7) is 9.72. The van der Waals surface area contributed by atoms with Gasteiger partial charge in [0.1, 0.15) is 0 Å². The lowest BCUT2D eigenvalue weighted by atomic mass is 9.55. The van der Waals surface area contributed by atoms with Crippen molar-refractivity contribution < 1.29 is 0 Å². The van der Waals surface area contributed by atoms with E-state index in [2.05, 4.69) is 27.7 Å². The molecule has 2 saturated carbocycles. The minimum absolute atomic E-state index is 0.967. The molecule has 0 spiro atoms. The molecular formula is C17H32. The van der Waals surface area contributed by atoms with E-state index in [0.717, 1.165) is 35.5 Å². The summed E-state index contributed by atoms with van der Waals surface area (Å²) >= 11 is 0. The van der Waals surface area contributed by atoms with Crippen LogP contribution in [-0.4, -0.2) is 0 Å². The van der Waals surface area contributed by atoms with E-state index >= 15 is 0 Å². The molecule has 0 aliphatic heterocycles. The first-order valence-corrected chi connectivity index (χ1v) is 8.19. The van der Waals surface area contributed by atoms with Gasteiger partial charge in [-0.2, -0.15) is 0 Å². The smallest absolute Gasteiger partial charge is 0.0326 e. The second-order valence-electron chi connectivity index (χ2n) is 6.98. The summed E-state index contributed by atoms with van der Waals surface area (Å²) in [6, 6.07) is 0. The van der Waals surface area contributed by atoms with Crippen molar-refractivity contribution in [2.45, 2.75) is 72.6 Å². The van der Waals surface area contributed by atoms with Gasteiger partial charge in [-0.15, -0.1) is 0 Å². The van der Waals surface area contributed by atoms with Crippen LogP contribution >= 0.6 is 0 Å². The molecule has 0 radical (unpaired) electrons. The van der Waals surface area contributed by atoms with Crippen molar-refractivity contribution in [3.8, 4) is 0 Å². The number of rotatable bonds is 6. The molecule has 2 aliphatic carbocycles. The summed E-state index contributed by atoms with van der Waals surface area (Å²) in [5, 5.41) is 0. The number of fused-ring (bicyclic) bond motifs is 1. The molecule has 6 unspecified atom stereocenters. The Morgan fingerprint density at radius 1 is 1.12 bits per heavy atom. The van der Waals surface area contributed by atoms with Gasteiger partial charge < -0.3 is 0 Å². The van der Waals surface area contributed by atoms with Gasteiger partial charge in [0.25, 0.3) is 0 Å². The van der Waals surface area contributed by atoms with Crippen molar-refractivity contribution in [3.05, 3.63) is 0 Å². The van der Waals surface area contributed by atoms with Crippen LogP contribution in [0.25, 0.3) is 0 Å². The van der Waals surface area contributed by atoms with Crippen LogP contribution in [0.2, 0.25) is 0 Å². The highest BCUT2D eigenvalue weighted by Gasteiger charge is 2.52. The van der Waals surface area contributed by atoms with Crippen molar-refractivity contribution in [2.75, 3.05) is 0 Å². The molecule has 0 amide bonds. The standard InChI is InChI=1S/C17H32/c1-5-7-12(3)8-10-15-13(4)17-14(6-2)9-11-16(15)17/h12-17H,5-11H2,1-4H3. The fraction of sp³-hybridized carbons (Fsp3) is 1.00. The van der Waals surface area contributed by atoms with Crippen LogP contribution in [0, 0.1) is 35.5 Å². The minimum atomic E-state index is 0.967. The normalized spacial score (nSPS) is 42.0. The van der Waals surface area contributed by atoms with Gasteiger partial charge in [-0.25, -0.2) is 0 Å². The van der Waals surface area contributed by atoms with Crippen molar-refractivity contribution in [3.63, 3.8) is 0 Å². The molecule has 0 aromatic carbocycles. The fourth-order valence-electron chi connectivity index (χ4n) is 5.06. The molecule has 0 bridgehead atoms. The Bertz CT molecular complexity index is 232. The maximum Gasteiger partial charge on any atom is -0.0326 e. The molecule has 2 fully saturated rings. The highest BCUT2D eigenvalue weighted by molar-refractivity contribution is 5.01. The third-order valence-electron chi connectivity index (χ3n) is 6.04. The van der Waals surface area contributed by atoms with Crippen molar-refractivity contribution in [1.82, 2.24) is 0 Å². The second-order valence-corrected chi connectivity index (χ2v) is 6.98. The maximum absolute atomic E-state index is 2.55. The summed E-state index contributed by atoms with van der Waals surface area (Å²) in [4.78, 5) is 0. The lowest BCUT2D eigenvalue weighted by Crippen LogP contribution is -2.44. The predicted molar refractivity (Wildman–Crippen MR) is 76.0 cm³/mol. The van der Waals surface area contributed by atoms with E-state index in [1.807, 2.05) is 0 Å². The highest BCUT2D eigenvalue weighted by atomic mass is 14.6. The van der Waals surface area contributed by atoms with Crippen LogP contribution < -0.4 is 0 Å². The molecule has 0 heteroatoms. The topological polar surface area (TPSA) is 0 Å². The van der Waals surface area contributed by atoms with Crippen LogP contribution in [0.5, 0.6) is 0 Å². The second kappa shape index (κ2) is 5.76. The van der Waals surface area contributed by atoms with E-state index in [9.17, 15) is 0 Å². The Hall–Kier alpha value is 0. The van der Waals surface area contributed by atoms with E-state index in [1.54, 1.807) is 6.42 Å². The summed E-state index contributed by atoms with van der Waals surface area (Å²) in [5.41, 5.74) is 0. The molecule has 2 rings (SSSR count). The Labute approximate surface area is 109 Å². The predicted octanol–water partition coefficient (Wildman–Crippen LogP) is 5.52. The van der Waals surface area contributed by atoms with Crippen LogP contribution in [0.3, 0.4) is 0 Å². The zero-order chi connectivity index (χ0) is 12.4. The van der Waals surface area contributed by atoms with Gasteiger partial charge in [0, 0.05) is 0 Å². The van der Waals surface area contributed by atoms with Gasteiger partial charge in [-0.1, -0.05) is 53.4 Å². The third-order valence-corrected chi connectivity index (χ3v) is 6.04. The average Bonchev–Trinajstić information content (AvgIpc) is 2.68. The van der Waals surface area contributed by atoms with Gasteiger partial charge in [0.05, 0.1) is 0 Å². The van der Waals surface area contributed by atoms with Crippen molar-refractivity contribution in [1.29, 1.82) is 0 Å². The van der Waals surface area contributed by atoms with Gasteiger partial charge in [-0.05, 0) is 54.8 Å². The Kier molecular flexibility index (Phi) is 4.55. The van der Waals surface area contributed by atoms with E-state index in [-0.39, 0.29) is 0 Å². The molecule has 2 aliphatic rings. The van der Waals surface area contributed by atoms with E-state index in [0.29, 0.717) is 0 Å². The first-order chi connectivity index (χ1) is 8.19. The summed E-state index contributed by atoms with van der Waals surface area (Å²) < 4.78 is 0. The van der Waals surface area contributed by atoms with Crippen LogP contribution in [-0.2, 0) is 0 Å². The maximum atomic E-state index is 2.55. The summed E-state index contributed by atoms with van der Waals surface area (Å²) in [7, 11) is 0. The average molecular weight is 236 g/mol. The minimum Gasteiger partial charge on any atom is -0.0654 e. The Balaban J connectivity index is 1.77. The molecule has 100 valence electrons. The molecule has 6 atom stereocenters. The summed E-state index contributed by atoms with van der Waals surface area (Å²) in [6.07, 6.45) is 10.4. The number of hydrogen-bond donors (Lipinski definition) is 0. The number of hydrogen-bond acceptors (Lipinski definition) is 0. The Morgan fingerprint density at radius 2 is 1.88 bits per heavy atom. The lowest BCUT2D eigenvalue weighted by Gasteiger charge is -2.50. The van der Waals surface area contributed by atoms with Gasteiger partial charge in [-0.3, -0.25) is 0 Å². The van der Waals surface area contributed by atoms with Gasteiger partial charge >= 0.3 is 0 Å². The van der Waals surface area contributed by atoms with Gasteiger partial charge in [0.15, 0.2) is 0 Å². The molecule has 0 aromatic heterocycles. The quantitative estimate of drug-likeness (QED) is 0.569.